The number of aryl methyl sites for hydroxylation is 1. The quantitative estimate of drug-likeness (QED) is 0.543. The Kier molecular flexibility index (Phi) is 6.61. The minimum absolute atomic E-state index is 0.0904. The Morgan fingerprint density at radius 1 is 1.03 bits per heavy atom. The molecule has 0 saturated carbocycles. The molecular formula is C20H20FNO5S3. The van der Waals surface area contributed by atoms with Crippen LogP contribution in [-0.4, -0.2) is 30.5 Å². The number of rotatable bonds is 8. The molecule has 0 bridgehead atoms. The molecular weight excluding hydrogens is 449 g/mol. The molecule has 30 heavy (non-hydrogen) atoms. The van der Waals surface area contributed by atoms with E-state index >= 15 is 0 Å². The van der Waals surface area contributed by atoms with Crippen molar-refractivity contribution < 1.29 is 26.0 Å². The number of thiophene rings is 1. The molecule has 0 radical (unpaired) electrons. The standard InChI is InChI=1S/C20H20FNO5S3/c1-14-5-7-15(8-6-14)29(23,24)20(19-4-3-11-28-19)13-22-30(25,26)16-9-10-18(27-2)17(21)12-16/h3-12,20,22H,13H2,1-2H3/t20-/m0/s1. The molecule has 3 rings (SSSR count). The lowest BCUT2D eigenvalue weighted by Crippen LogP contribution is -2.31. The van der Waals surface area contributed by atoms with Crippen molar-refractivity contribution in [2.45, 2.75) is 22.0 Å². The molecule has 0 saturated heterocycles. The second kappa shape index (κ2) is 8.84. The second-order valence-corrected chi connectivity index (χ2v) is 11.4. The predicted octanol–water partition coefficient (Wildman–Crippen LogP) is 3.70. The Bertz CT molecular complexity index is 1220. The fraction of sp³-hybridized carbons (Fsp3) is 0.200. The number of nitrogens with one attached hydrogen (secondary N) is 1. The zero-order valence-corrected chi connectivity index (χ0v) is 18.7. The lowest BCUT2D eigenvalue weighted by atomic mass is 10.2. The minimum atomic E-state index is -4.15. The van der Waals surface area contributed by atoms with Crippen molar-refractivity contribution in [3.8, 4) is 5.75 Å². The summed E-state index contributed by atoms with van der Waals surface area (Å²) >= 11 is 1.22. The SMILES string of the molecule is COc1ccc(S(=O)(=O)NC[C@@H](c2cccs2)S(=O)(=O)c2ccc(C)cc2)cc1F. The highest BCUT2D eigenvalue weighted by Gasteiger charge is 2.31. The Labute approximate surface area is 179 Å². The number of halogens is 1. The minimum Gasteiger partial charge on any atom is -0.494 e. The molecule has 1 atom stereocenters. The van der Waals surface area contributed by atoms with Crippen LogP contribution >= 0.6 is 11.3 Å². The Hall–Kier alpha value is -2.27. The van der Waals surface area contributed by atoms with Crippen molar-refractivity contribution in [3.63, 3.8) is 0 Å². The van der Waals surface area contributed by atoms with E-state index in [2.05, 4.69) is 4.72 Å². The molecule has 0 spiro atoms. The monoisotopic (exact) mass is 469 g/mol. The van der Waals surface area contributed by atoms with Crippen molar-refractivity contribution in [1.29, 1.82) is 0 Å². The number of benzene rings is 2. The van der Waals surface area contributed by atoms with E-state index in [9.17, 15) is 21.2 Å². The maximum Gasteiger partial charge on any atom is 0.240 e. The van der Waals surface area contributed by atoms with Crippen molar-refractivity contribution in [1.82, 2.24) is 4.72 Å². The number of sulfone groups is 1. The number of hydrogen-bond acceptors (Lipinski definition) is 6. The van der Waals surface area contributed by atoms with Crippen molar-refractivity contribution >= 4 is 31.2 Å². The zero-order valence-electron chi connectivity index (χ0n) is 16.2. The highest BCUT2D eigenvalue weighted by atomic mass is 32.2. The van der Waals surface area contributed by atoms with E-state index in [1.54, 1.807) is 29.6 Å². The molecule has 1 heterocycles. The summed E-state index contributed by atoms with van der Waals surface area (Å²) in [6.07, 6.45) is 0. The average Bonchev–Trinajstić information content (AvgIpc) is 3.22. The van der Waals surface area contributed by atoms with Gasteiger partial charge in [0.1, 0.15) is 5.25 Å². The molecule has 0 unspecified atom stereocenters. The van der Waals surface area contributed by atoms with Crippen LogP contribution in [0, 0.1) is 12.7 Å². The Morgan fingerprint density at radius 2 is 1.70 bits per heavy atom. The molecule has 0 fully saturated rings. The van der Waals surface area contributed by atoms with E-state index in [1.165, 1.54) is 42.7 Å². The van der Waals surface area contributed by atoms with Crippen LogP contribution in [0.15, 0.2) is 69.8 Å². The molecule has 1 aromatic heterocycles. The largest absolute Gasteiger partial charge is 0.494 e. The maximum atomic E-state index is 13.9. The van der Waals surface area contributed by atoms with E-state index < -0.39 is 37.5 Å². The third-order valence-corrected chi connectivity index (χ3v) is 9.13. The van der Waals surface area contributed by atoms with Gasteiger partial charge >= 0.3 is 0 Å². The first-order valence-electron chi connectivity index (χ1n) is 8.82. The first-order chi connectivity index (χ1) is 14.1. The first kappa shape index (κ1) is 22.4. The van der Waals surface area contributed by atoms with Gasteiger partial charge in [-0.1, -0.05) is 23.8 Å². The molecule has 2 aromatic carbocycles. The number of methoxy groups -OCH3 is 1. The fourth-order valence-corrected chi connectivity index (χ4v) is 6.76. The lowest BCUT2D eigenvalue weighted by molar-refractivity contribution is 0.385. The van der Waals surface area contributed by atoms with Gasteiger partial charge in [-0.2, -0.15) is 0 Å². The van der Waals surface area contributed by atoms with Gasteiger partial charge in [0.05, 0.1) is 16.9 Å². The van der Waals surface area contributed by atoms with Gasteiger partial charge in [0.15, 0.2) is 21.4 Å². The van der Waals surface area contributed by atoms with Crippen molar-refractivity contribution in [2.24, 2.45) is 0 Å². The molecule has 3 aromatic rings. The molecule has 160 valence electrons. The summed E-state index contributed by atoms with van der Waals surface area (Å²) in [6, 6.07) is 12.9. The smallest absolute Gasteiger partial charge is 0.240 e. The number of ether oxygens (including phenoxy) is 1. The highest BCUT2D eigenvalue weighted by Crippen LogP contribution is 2.32. The molecule has 0 aliphatic heterocycles. The molecule has 10 heteroatoms. The fourth-order valence-electron chi connectivity index (χ4n) is 2.81. The molecule has 6 nitrogen and oxygen atoms in total. The lowest BCUT2D eigenvalue weighted by Gasteiger charge is -2.18. The first-order valence-corrected chi connectivity index (χ1v) is 12.7. The summed E-state index contributed by atoms with van der Waals surface area (Å²) < 4.78 is 72.8. The van der Waals surface area contributed by atoms with Crippen LogP contribution in [0.4, 0.5) is 4.39 Å². The van der Waals surface area contributed by atoms with Crippen LogP contribution in [0.2, 0.25) is 0 Å². The number of hydrogen-bond donors (Lipinski definition) is 1. The van der Waals surface area contributed by atoms with Gasteiger partial charge in [0.2, 0.25) is 10.0 Å². The van der Waals surface area contributed by atoms with Crippen molar-refractivity contribution in [3.05, 3.63) is 76.2 Å². The third-order valence-electron chi connectivity index (χ3n) is 4.48. The summed E-state index contributed by atoms with van der Waals surface area (Å²) in [6.45, 7) is 1.45. The van der Waals surface area contributed by atoms with E-state index in [4.69, 9.17) is 4.74 Å². The van der Waals surface area contributed by atoms with E-state index in [-0.39, 0.29) is 15.5 Å². The van der Waals surface area contributed by atoms with Crippen LogP contribution in [-0.2, 0) is 19.9 Å². The van der Waals surface area contributed by atoms with Crippen LogP contribution in [0.5, 0.6) is 5.75 Å². The van der Waals surface area contributed by atoms with Crippen LogP contribution in [0.3, 0.4) is 0 Å². The Balaban J connectivity index is 1.91. The summed E-state index contributed by atoms with van der Waals surface area (Å²) in [5.74, 6) is -0.921. The van der Waals surface area contributed by atoms with Gasteiger partial charge in [-0.15, -0.1) is 11.3 Å². The van der Waals surface area contributed by atoms with Crippen LogP contribution < -0.4 is 9.46 Å². The van der Waals surface area contributed by atoms with Gasteiger partial charge in [0, 0.05) is 11.4 Å². The average molecular weight is 470 g/mol. The normalized spacial score (nSPS) is 13.2. The predicted molar refractivity (Wildman–Crippen MR) is 114 cm³/mol. The highest BCUT2D eigenvalue weighted by molar-refractivity contribution is 7.92. The zero-order chi connectivity index (χ0) is 21.9. The topological polar surface area (TPSA) is 89.5 Å². The summed E-state index contributed by atoms with van der Waals surface area (Å²) in [5.41, 5.74) is 0.906. The molecule has 1 N–H and O–H groups in total. The van der Waals surface area contributed by atoms with Gasteiger partial charge in [-0.3, -0.25) is 0 Å². The second-order valence-electron chi connectivity index (χ2n) is 6.51. The van der Waals surface area contributed by atoms with Crippen molar-refractivity contribution in [2.75, 3.05) is 13.7 Å². The maximum absolute atomic E-state index is 13.9. The molecule has 0 aliphatic rings. The Morgan fingerprint density at radius 3 is 2.27 bits per heavy atom. The van der Waals surface area contributed by atoms with E-state index in [0.29, 0.717) is 4.88 Å². The van der Waals surface area contributed by atoms with Crippen LogP contribution in [0.1, 0.15) is 15.7 Å². The number of sulfonamides is 1. The summed E-state index contributed by atoms with van der Waals surface area (Å²) in [5, 5.41) is 0.596. The van der Waals surface area contributed by atoms with Crippen LogP contribution in [0.25, 0.3) is 0 Å². The summed E-state index contributed by atoms with van der Waals surface area (Å²) in [4.78, 5) is 0.277. The van der Waals surface area contributed by atoms with Gasteiger partial charge in [-0.25, -0.2) is 25.9 Å². The summed E-state index contributed by atoms with van der Waals surface area (Å²) in [7, 11) is -6.75. The molecule has 0 aliphatic carbocycles. The van der Waals surface area contributed by atoms with Gasteiger partial charge in [0.25, 0.3) is 0 Å². The third kappa shape index (κ3) is 4.72. The van der Waals surface area contributed by atoms with E-state index in [1.807, 2.05) is 6.92 Å². The van der Waals surface area contributed by atoms with E-state index in [0.717, 1.165) is 11.6 Å². The van der Waals surface area contributed by atoms with Gasteiger partial charge < -0.3 is 4.74 Å². The molecule has 0 amide bonds. The van der Waals surface area contributed by atoms with Gasteiger partial charge in [-0.05, 0) is 48.7 Å².